The van der Waals surface area contributed by atoms with Crippen molar-refractivity contribution in [2.45, 2.75) is 71.1 Å². The van der Waals surface area contributed by atoms with Crippen LogP contribution in [0.15, 0.2) is 0 Å². The zero-order valence-electron chi connectivity index (χ0n) is 13.3. The first-order valence-corrected chi connectivity index (χ1v) is 8.02. The molecule has 1 amide bonds. The smallest absolute Gasteiger partial charge is 0.336 e. The van der Waals surface area contributed by atoms with Crippen LogP contribution >= 0.6 is 0 Å². The van der Waals surface area contributed by atoms with Gasteiger partial charge in [-0.05, 0) is 6.42 Å². The van der Waals surface area contributed by atoms with Gasteiger partial charge in [-0.15, -0.1) is 5.10 Å². The minimum Gasteiger partial charge on any atom is -0.466 e. The molecule has 0 aromatic carbocycles. The Balaban J connectivity index is 1.96. The summed E-state index contributed by atoms with van der Waals surface area (Å²) < 4.78 is 4.83. The highest BCUT2D eigenvalue weighted by Crippen LogP contribution is 2.11. The van der Waals surface area contributed by atoms with Gasteiger partial charge < -0.3 is 4.74 Å². The van der Waals surface area contributed by atoms with E-state index in [2.05, 4.69) is 27.4 Å². The number of carbonyl (C=O) groups is 1. The summed E-state index contributed by atoms with van der Waals surface area (Å²) in [6, 6.07) is 0.230. The maximum Gasteiger partial charge on any atom is 0.336 e. The molecule has 1 aromatic rings. The molecule has 2 N–H and O–H groups in total. The second-order valence-corrected chi connectivity index (χ2v) is 5.30. The molecule has 0 aliphatic heterocycles. The van der Waals surface area contributed by atoms with Crippen LogP contribution in [0, 0.1) is 0 Å². The lowest BCUT2D eigenvalue weighted by atomic mass is 10.1. The van der Waals surface area contributed by atoms with Gasteiger partial charge in [0.05, 0.1) is 7.11 Å². The van der Waals surface area contributed by atoms with Gasteiger partial charge in [0, 0.05) is 6.42 Å². The van der Waals surface area contributed by atoms with Gasteiger partial charge in [-0.1, -0.05) is 58.3 Å². The Morgan fingerprint density at radius 1 is 1.10 bits per heavy atom. The van der Waals surface area contributed by atoms with E-state index in [0.717, 1.165) is 12.8 Å². The third kappa shape index (κ3) is 8.32. The number of hydrogen-bond donors (Lipinski definition) is 2. The molecule has 1 rings (SSSR count). The van der Waals surface area contributed by atoms with Gasteiger partial charge in [0.2, 0.25) is 11.9 Å². The number of carbonyl (C=O) groups excluding carboxylic acids is 1. The normalized spacial score (nSPS) is 10.6. The van der Waals surface area contributed by atoms with Gasteiger partial charge in [-0.2, -0.15) is 4.98 Å². The zero-order valence-corrected chi connectivity index (χ0v) is 13.3. The predicted octanol–water partition coefficient (Wildman–Crippen LogP) is 3.67. The van der Waals surface area contributed by atoms with Crippen molar-refractivity contribution in [3.63, 3.8) is 0 Å². The Morgan fingerprint density at radius 2 is 1.71 bits per heavy atom. The van der Waals surface area contributed by atoms with Gasteiger partial charge in [0.1, 0.15) is 0 Å². The molecule has 0 aliphatic rings. The lowest BCUT2D eigenvalue weighted by Gasteiger charge is -2.02. The zero-order chi connectivity index (χ0) is 15.3. The van der Waals surface area contributed by atoms with E-state index in [1.165, 1.54) is 52.1 Å². The number of anilines is 1. The van der Waals surface area contributed by atoms with Gasteiger partial charge in [0.25, 0.3) is 0 Å². The highest BCUT2D eigenvalue weighted by atomic mass is 16.5. The van der Waals surface area contributed by atoms with Crippen LogP contribution in [0.2, 0.25) is 0 Å². The molecular formula is C15H28N4O2. The maximum atomic E-state index is 11.7. The van der Waals surface area contributed by atoms with Gasteiger partial charge in [-0.3, -0.25) is 10.1 Å². The molecule has 6 nitrogen and oxygen atoms in total. The molecule has 0 bridgehead atoms. The number of methoxy groups -OCH3 is 1. The Bertz CT molecular complexity index is 393. The summed E-state index contributed by atoms with van der Waals surface area (Å²) in [7, 11) is 1.48. The Kier molecular flexibility index (Phi) is 9.24. The highest BCUT2D eigenvalue weighted by molar-refractivity contribution is 5.88. The fraction of sp³-hybridized carbons (Fsp3) is 0.800. The van der Waals surface area contributed by atoms with Crippen LogP contribution in [0.3, 0.4) is 0 Å². The van der Waals surface area contributed by atoms with Crippen LogP contribution in [0.25, 0.3) is 0 Å². The third-order valence-corrected chi connectivity index (χ3v) is 3.41. The van der Waals surface area contributed by atoms with Crippen molar-refractivity contribution in [1.29, 1.82) is 0 Å². The van der Waals surface area contributed by atoms with Crippen molar-refractivity contribution in [2.75, 3.05) is 12.4 Å². The predicted molar refractivity (Wildman–Crippen MR) is 83.4 cm³/mol. The fourth-order valence-electron chi connectivity index (χ4n) is 2.18. The number of amides is 1. The monoisotopic (exact) mass is 296 g/mol. The average Bonchev–Trinajstić information content (AvgIpc) is 2.93. The van der Waals surface area contributed by atoms with Crippen molar-refractivity contribution in [2.24, 2.45) is 0 Å². The quantitative estimate of drug-likeness (QED) is 0.577. The van der Waals surface area contributed by atoms with Crippen LogP contribution in [-0.2, 0) is 4.79 Å². The van der Waals surface area contributed by atoms with Crippen molar-refractivity contribution in [3.8, 4) is 6.01 Å². The van der Waals surface area contributed by atoms with Gasteiger partial charge >= 0.3 is 6.01 Å². The molecule has 21 heavy (non-hydrogen) atoms. The first-order chi connectivity index (χ1) is 10.3. The number of hydrogen-bond acceptors (Lipinski definition) is 4. The number of nitrogens with one attached hydrogen (secondary N) is 2. The molecule has 0 radical (unpaired) electrons. The molecule has 0 aliphatic carbocycles. The summed E-state index contributed by atoms with van der Waals surface area (Å²) >= 11 is 0. The third-order valence-electron chi connectivity index (χ3n) is 3.41. The van der Waals surface area contributed by atoms with Crippen LogP contribution < -0.4 is 10.1 Å². The lowest BCUT2D eigenvalue weighted by Crippen LogP contribution is -2.12. The Morgan fingerprint density at radius 3 is 2.29 bits per heavy atom. The van der Waals surface area contributed by atoms with E-state index in [1.807, 2.05) is 0 Å². The standard InChI is InChI=1S/C15H28N4O2/c1-3-4-5-6-7-8-9-10-11-12-13(20)16-14-17-15(21-2)19-18-14/h3-12H2,1-2H3,(H2,16,17,18,19,20). The van der Waals surface area contributed by atoms with Crippen LogP contribution in [0.1, 0.15) is 71.1 Å². The Labute approximate surface area is 127 Å². The number of ether oxygens (including phenoxy) is 1. The summed E-state index contributed by atoms with van der Waals surface area (Å²) in [4.78, 5) is 15.6. The molecule has 0 saturated heterocycles. The second kappa shape index (κ2) is 11.1. The molecular weight excluding hydrogens is 268 g/mol. The first-order valence-electron chi connectivity index (χ1n) is 8.02. The summed E-state index contributed by atoms with van der Waals surface area (Å²) in [6.45, 7) is 2.24. The largest absolute Gasteiger partial charge is 0.466 e. The van der Waals surface area contributed by atoms with E-state index in [9.17, 15) is 4.79 Å². The molecule has 0 saturated carbocycles. The van der Waals surface area contributed by atoms with E-state index < -0.39 is 0 Å². The van der Waals surface area contributed by atoms with Gasteiger partial charge in [-0.25, -0.2) is 5.10 Å². The fourth-order valence-corrected chi connectivity index (χ4v) is 2.18. The number of unbranched alkanes of at least 4 members (excludes halogenated alkanes) is 8. The van der Waals surface area contributed by atoms with Crippen molar-refractivity contribution < 1.29 is 9.53 Å². The minimum atomic E-state index is -0.0308. The molecule has 0 fully saturated rings. The first kappa shape index (κ1) is 17.5. The van der Waals surface area contributed by atoms with Crippen molar-refractivity contribution in [1.82, 2.24) is 15.2 Å². The topological polar surface area (TPSA) is 79.9 Å². The molecule has 6 heteroatoms. The van der Waals surface area contributed by atoms with Gasteiger partial charge in [0.15, 0.2) is 0 Å². The highest BCUT2D eigenvalue weighted by Gasteiger charge is 2.06. The number of rotatable bonds is 12. The van der Waals surface area contributed by atoms with Crippen LogP contribution in [0.5, 0.6) is 6.01 Å². The average molecular weight is 296 g/mol. The number of nitrogens with zero attached hydrogens (tertiary/aromatic N) is 2. The van der Waals surface area contributed by atoms with E-state index in [-0.39, 0.29) is 11.9 Å². The van der Waals surface area contributed by atoms with E-state index in [0.29, 0.717) is 12.4 Å². The molecule has 0 atom stereocenters. The van der Waals surface area contributed by atoms with Crippen LogP contribution in [0.4, 0.5) is 5.95 Å². The SMILES string of the molecule is CCCCCCCCCCCC(=O)Nc1nc(OC)n[nH]1. The van der Waals surface area contributed by atoms with Crippen molar-refractivity contribution in [3.05, 3.63) is 0 Å². The molecule has 0 spiro atoms. The summed E-state index contributed by atoms with van der Waals surface area (Å²) in [5.74, 6) is 0.310. The van der Waals surface area contributed by atoms with E-state index in [4.69, 9.17) is 4.74 Å². The molecule has 120 valence electrons. The number of aromatic amines is 1. The minimum absolute atomic E-state index is 0.0308. The van der Waals surface area contributed by atoms with Crippen molar-refractivity contribution >= 4 is 11.9 Å². The molecule has 1 heterocycles. The van der Waals surface area contributed by atoms with E-state index in [1.54, 1.807) is 0 Å². The molecule has 1 aromatic heterocycles. The maximum absolute atomic E-state index is 11.7. The lowest BCUT2D eigenvalue weighted by molar-refractivity contribution is -0.116. The van der Waals surface area contributed by atoms with E-state index >= 15 is 0 Å². The second-order valence-electron chi connectivity index (χ2n) is 5.30. The summed E-state index contributed by atoms with van der Waals surface area (Å²) in [5, 5.41) is 9.04. The molecule has 0 unspecified atom stereocenters. The number of aromatic nitrogens is 3. The Hall–Kier alpha value is -1.59. The number of H-pyrrole nitrogens is 1. The van der Waals surface area contributed by atoms with Crippen LogP contribution in [-0.4, -0.2) is 28.2 Å². The summed E-state index contributed by atoms with van der Waals surface area (Å²) in [6.07, 6.45) is 11.7. The summed E-state index contributed by atoms with van der Waals surface area (Å²) in [5.41, 5.74) is 0.